The molecule has 0 radical (unpaired) electrons. The fourth-order valence-electron chi connectivity index (χ4n) is 2.75. The number of nitrogens with zero attached hydrogens (tertiary/aromatic N) is 4. The van der Waals surface area contributed by atoms with E-state index in [1.54, 1.807) is 23.2 Å². The van der Waals surface area contributed by atoms with Gasteiger partial charge in [0.1, 0.15) is 6.10 Å². The number of hydrogen-bond acceptors (Lipinski definition) is 5. The number of carbonyl (C=O) groups is 1. The van der Waals surface area contributed by atoms with Crippen molar-refractivity contribution in [1.82, 2.24) is 20.1 Å². The van der Waals surface area contributed by atoms with Crippen molar-refractivity contribution in [2.45, 2.75) is 26.4 Å². The van der Waals surface area contributed by atoms with Crippen molar-refractivity contribution in [2.24, 2.45) is 0 Å². The van der Waals surface area contributed by atoms with E-state index in [4.69, 9.17) is 10.00 Å². The maximum Gasteiger partial charge on any atom is 0.257 e. The van der Waals surface area contributed by atoms with Gasteiger partial charge in [-0.1, -0.05) is 0 Å². The molecule has 1 amide bonds. The van der Waals surface area contributed by atoms with E-state index in [9.17, 15) is 4.79 Å². The third-order valence-corrected chi connectivity index (χ3v) is 3.93. The van der Waals surface area contributed by atoms with Crippen LogP contribution in [0.1, 0.15) is 33.7 Å². The highest BCUT2D eigenvalue weighted by atomic mass is 16.5. The van der Waals surface area contributed by atoms with Crippen molar-refractivity contribution >= 4 is 5.91 Å². The van der Waals surface area contributed by atoms with Crippen molar-refractivity contribution in [2.75, 3.05) is 13.1 Å². The van der Waals surface area contributed by atoms with Crippen LogP contribution in [0.2, 0.25) is 0 Å². The highest BCUT2D eigenvalue weighted by Gasteiger charge is 2.30. The molecule has 1 N–H and O–H groups in total. The Bertz CT molecular complexity index is 758. The first kappa shape index (κ1) is 15.0. The molecule has 7 heteroatoms. The van der Waals surface area contributed by atoms with Crippen molar-refractivity contribution < 1.29 is 9.53 Å². The predicted molar refractivity (Wildman–Crippen MR) is 82.0 cm³/mol. The number of amides is 1. The first-order valence-corrected chi connectivity index (χ1v) is 7.42. The number of H-pyrrole nitrogens is 1. The lowest BCUT2D eigenvalue weighted by Gasteiger charge is -2.17. The average Bonchev–Trinajstić information content (AvgIpc) is 3.14. The number of likely N-dealkylation sites (tertiary alicyclic amines) is 1. The number of nitrogens with one attached hydrogen (secondary N) is 1. The molecule has 1 saturated heterocycles. The third-order valence-electron chi connectivity index (χ3n) is 3.93. The highest BCUT2D eigenvalue weighted by Crippen LogP contribution is 2.21. The minimum absolute atomic E-state index is 0.0291. The summed E-state index contributed by atoms with van der Waals surface area (Å²) >= 11 is 0. The molecule has 7 nitrogen and oxygen atoms in total. The summed E-state index contributed by atoms with van der Waals surface area (Å²) in [5.41, 5.74) is 2.63. The molecular formula is C16H17N5O2. The Balaban J connectivity index is 1.67. The van der Waals surface area contributed by atoms with Crippen LogP contribution in [0.3, 0.4) is 0 Å². The van der Waals surface area contributed by atoms with Crippen molar-refractivity contribution in [3.8, 4) is 11.9 Å². The van der Waals surface area contributed by atoms with Gasteiger partial charge < -0.3 is 9.64 Å². The molecule has 2 aromatic rings. The number of nitriles is 1. The summed E-state index contributed by atoms with van der Waals surface area (Å²) in [4.78, 5) is 18.5. The van der Waals surface area contributed by atoms with Gasteiger partial charge in [0.15, 0.2) is 0 Å². The van der Waals surface area contributed by atoms with Crippen LogP contribution in [0, 0.1) is 25.2 Å². The number of rotatable bonds is 3. The quantitative estimate of drug-likeness (QED) is 0.928. The number of pyridine rings is 1. The normalized spacial score (nSPS) is 17.1. The second kappa shape index (κ2) is 6.08. The van der Waals surface area contributed by atoms with Gasteiger partial charge in [0.05, 0.1) is 29.4 Å². The molecule has 118 valence electrons. The molecule has 0 aliphatic carbocycles. The van der Waals surface area contributed by atoms with E-state index in [-0.39, 0.29) is 12.0 Å². The molecular weight excluding hydrogens is 294 g/mol. The molecule has 1 aliphatic heterocycles. The van der Waals surface area contributed by atoms with Gasteiger partial charge in [0.2, 0.25) is 5.88 Å². The zero-order valence-corrected chi connectivity index (χ0v) is 13.0. The van der Waals surface area contributed by atoms with Crippen molar-refractivity contribution in [1.29, 1.82) is 5.26 Å². The first-order valence-electron chi connectivity index (χ1n) is 7.42. The minimum Gasteiger partial charge on any atom is -0.472 e. The lowest BCUT2D eigenvalue weighted by atomic mass is 10.2. The summed E-state index contributed by atoms with van der Waals surface area (Å²) in [5.74, 6) is 0.387. The van der Waals surface area contributed by atoms with E-state index in [1.165, 1.54) is 0 Å². The summed E-state index contributed by atoms with van der Waals surface area (Å²) < 4.78 is 5.80. The maximum absolute atomic E-state index is 12.6. The Morgan fingerprint density at radius 1 is 1.52 bits per heavy atom. The molecule has 1 unspecified atom stereocenters. The van der Waals surface area contributed by atoms with Gasteiger partial charge in [-0.25, -0.2) is 4.98 Å². The van der Waals surface area contributed by atoms with Crippen LogP contribution in [0.15, 0.2) is 18.3 Å². The number of aromatic amines is 1. The summed E-state index contributed by atoms with van der Waals surface area (Å²) in [5, 5.41) is 15.8. The fourth-order valence-corrected chi connectivity index (χ4v) is 2.75. The summed E-state index contributed by atoms with van der Waals surface area (Å²) in [7, 11) is 0. The Morgan fingerprint density at radius 2 is 2.35 bits per heavy atom. The topological polar surface area (TPSA) is 94.9 Å². The van der Waals surface area contributed by atoms with Crippen molar-refractivity contribution in [3.05, 3.63) is 40.8 Å². The van der Waals surface area contributed by atoms with Gasteiger partial charge in [0, 0.05) is 30.9 Å². The fraction of sp³-hybridized carbons (Fsp3) is 0.375. The van der Waals surface area contributed by atoms with Crippen LogP contribution in [-0.4, -0.2) is 45.2 Å². The van der Waals surface area contributed by atoms with Gasteiger partial charge in [-0.3, -0.25) is 9.89 Å². The van der Waals surface area contributed by atoms with E-state index in [0.29, 0.717) is 35.8 Å². The smallest absolute Gasteiger partial charge is 0.257 e. The first-order chi connectivity index (χ1) is 11.1. The standard InChI is InChI=1S/C16H17N5O2/c1-10-15(11(2)20-19-10)16(22)21-6-4-13(9-21)23-14-7-12(8-17)3-5-18-14/h3,5,7,13H,4,6,9H2,1-2H3,(H,19,20). The van der Waals surface area contributed by atoms with E-state index < -0.39 is 0 Å². The van der Waals surface area contributed by atoms with Gasteiger partial charge in [-0.2, -0.15) is 10.4 Å². The molecule has 0 spiro atoms. The maximum atomic E-state index is 12.6. The molecule has 0 aromatic carbocycles. The van der Waals surface area contributed by atoms with E-state index in [2.05, 4.69) is 21.3 Å². The van der Waals surface area contributed by atoms with Crippen LogP contribution in [-0.2, 0) is 0 Å². The molecule has 2 aromatic heterocycles. The number of aromatic nitrogens is 3. The van der Waals surface area contributed by atoms with Crippen molar-refractivity contribution in [3.63, 3.8) is 0 Å². The molecule has 3 heterocycles. The summed E-state index contributed by atoms with van der Waals surface area (Å²) in [6.45, 7) is 4.79. The van der Waals surface area contributed by atoms with Crippen LogP contribution in [0.25, 0.3) is 0 Å². The van der Waals surface area contributed by atoms with E-state index >= 15 is 0 Å². The van der Waals surface area contributed by atoms with Gasteiger partial charge in [0.25, 0.3) is 5.91 Å². The molecule has 3 rings (SSSR count). The zero-order chi connectivity index (χ0) is 16.4. The lowest BCUT2D eigenvalue weighted by Crippen LogP contribution is -2.31. The number of ether oxygens (including phenoxy) is 1. The Morgan fingerprint density at radius 3 is 3.04 bits per heavy atom. The Hall–Kier alpha value is -2.88. The predicted octanol–water partition coefficient (Wildman–Crippen LogP) is 1.59. The third kappa shape index (κ3) is 3.01. The van der Waals surface area contributed by atoms with Crippen LogP contribution in [0.5, 0.6) is 5.88 Å². The SMILES string of the molecule is Cc1n[nH]c(C)c1C(=O)N1CCC(Oc2cc(C#N)ccn2)C1. The molecule has 1 atom stereocenters. The summed E-state index contributed by atoms with van der Waals surface area (Å²) in [6, 6.07) is 5.29. The summed E-state index contributed by atoms with van der Waals surface area (Å²) in [6.07, 6.45) is 2.16. The Kier molecular flexibility index (Phi) is 3.98. The molecule has 23 heavy (non-hydrogen) atoms. The minimum atomic E-state index is -0.118. The second-order valence-electron chi connectivity index (χ2n) is 5.58. The molecule has 0 saturated carbocycles. The molecule has 1 aliphatic rings. The van der Waals surface area contributed by atoms with Gasteiger partial charge in [-0.05, 0) is 19.9 Å². The van der Waals surface area contributed by atoms with Crippen LogP contribution in [0.4, 0.5) is 0 Å². The largest absolute Gasteiger partial charge is 0.472 e. The lowest BCUT2D eigenvalue weighted by molar-refractivity contribution is 0.0770. The van der Waals surface area contributed by atoms with Gasteiger partial charge in [-0.15, -0.1) is 0 Å². The monoisotopic (exact) mass is 311 g/mol. The van der Waals surface area contributed by atoms with E-state index in [0.717, 1.165) is 12.1 Å². The number of carbonyl (C=O) groups excluding carboxylic acids is 1. The number of aryl methyl sites for hydroxylation is 2. The van der Waals surface area contributed by atoms with E-state index in [1.807, 2.05) is 13.8 Å². The molecule has 0 bridgehead atoms. The Labute approximate surface area is 133 Å². The second-order valence-corrected chi connectivity index (χ2v) is 5.58. The zero-order valence-electron chi connectivity index (χ0n) is 13.0. The van der Waals surface area contributed by atoms with Crippen LogP contribution < -0.4 is 4.74 Å². The highest BCUT2D eigenvalue weighted by molar-refractivity contribution is 5.96. The number of hydrogen-bond donors (Lipinski definition) is 1. The van der Waals surface area contributed by atoms with Crippen LogP contribution >= 0.6 is 0 Å². The average molecular weight is 311 g/mol. The van der Waals surface area contributed by atoms with Gasteiger partial charge >= 0.3 is 0 Å². The molecule has 1 fully saturated rings.